The van der Waals surface area contributed by atoms with E-state index in [1.165, 1.54) is 11.0 Å². The third-order valence-corrected chi connectivity index (χ3v) is 4.70. The summed E-state index contributed by atoms with van der Waals surface area (Å²) in [5.74, 6) is -0.427. The normalized spacial score (nSPS) is 11.1. The van der Waals surface area contributed by atoms with Crippen molar-refractivity contribution in [2.75, 3.05) is 5.32 Å². The summed E-state index contributed by atoms with van der Waals surface area (Å²) in [7, 11) is 1.96. The molecule has 0 spiro atoms. The van der Waals surface area contributed by atoms with E-state index in [4.69, 9.17) is 10.6 Å². The zero-order valence-electron chi connectivity index (χ0n) is 15.9. The van der Waals surface area contributed by atoms with Crippen LogP contribution >= 0.6 is 0 Å². The van der Waals surface area contributed by atoms with E-state index in [-0.39, 0.29) is 17.4 Å². The molecule has 30 heavy (non-hydrogen) atoms. The molecule has 10 heteroatoms. The second kappa shape index (κ2) is 6.85. The van der Waals surface area contributed by atoms with Crippen LogP contribution in [-0.2, 0) is 7.05 Å². The summed E-state index contributed by atoms with van der Waals surface area (Å²) >= 11 is 0. The second-order valence-electron chi connectivity index (χ2n) is 6.61. The van der Waals surface area contributed by atoms with Gasteiger partial charge in [0.05, 0.1) is 0 Å². The molecule has 0 radical (unpaired) electrons. The first-order valence-electron chi connectivity index (χ1n) is 9.07. The zero-order chi connectivity index (χ0) is 20.7. The van der Waals surface area contributed by atoms with Crippen LogP contribution in [0.2, 0.25) is 0 Å². The van der Waals surface area contributed by atoms with Crippen molar-refractivity contribution >= 4 is 39.3 Å². The van der Waals surface area contributed by atoms with E-state index in [1.807, 2.05) is 66.3 Å². The van der Waals surface area contributed by atoms with Gasteiger partial charge in [-0.1, -0.05) is 23.0 Å². The molecule has 5 aromatic rings. The molecule has 148 valence electrons. The number of hydrogen-bond acceptors (Lipinski definition) is 7. The molecule has 0 aliphatic carbocycles. The molecule has 3 N–H and O–H groups in total. The van der Waals surface area contributed by atoms with Gasteiger partial charge in [0.2, 0.25) is 0 Å². The molecule has 0 saturated heterocycles. The van der Waals surface area contributed by atoms with Crippen molar-refractivity contribution in [3.8, 4) is 6.01 Å². The Balaban J connectivity index is 1.54. The van der Waals surface area contributed by atoms with Crippen LogP contribution in [0.15, 0.2) is 60.9 Å². The Kier molecular flexibility index (Phi) is 4.02. The number of fused-ring (bicyclic) bond motifs is 2. The van der Waals surface area contributed by atoms with Gasteiger partial charge in [0.1, 0.15) is 16.6 Å². The van der Waals surface area contributed by atoms with Crippen molar-refractivity contribution in [1.29, 1.82) is 0 Å². The van der Waals surface area contributed by atoms with Crippen LogP contribution in [-0.4, -0.2) is 35.6 Å². The number of anilines is 2. The highest BCUT2D eigenvalue weighted by molar-refractivity contribution is 6.00. The van der Waals surface area contributed by atoms with Crippen LogP contribution in [0, 0.1) is 0 Å². The number of benzene rings is 2. The van der Waals surface area contributed by atoms with Gasteiger partial charge in [0.25, 0.3) is 5.91 Å². The molecule has 0 bridgehead atoms. The predicted octanol–water partition coefficient (Wildman–Crippen LogP) is 2.40. The number of aromatic nitrogens is 6. The molecule has 0 unspecified atom stereocenters. The fraction of sp³-hybridized carbons (Fsp3) is 0.0500. The largest absolute Gasteiger partial charge is 0.365 e. The number of rotatable bonds is 5. The maximum Gasteiger partial charge on any atom is 0.347 e. The van der Waals surface area contributed by atoms with Crippen molar-refractivity contribution in [3.05, 3.63) is 66.5 Å². The molecule has 1 amide bonds. The van der Waals surface area contributed by atoms with E-state index in [2.05, 4.69) is 25.6 Å². The lowest BCUT2D eigenvalue weighted by Crippen LogP contribution is -2.17. The van der Waals surface area contributed by atoms with Gasteiger partial charge < -0.3 is 20.5 Å². The summed E-state index contributed by atoms with van der Waals surface area (Å²) in [6.07, 6.45) is 3.27. The smallest absolute Gasteiger partial charge is 0.347 e. The average molecular weight is 400 g/mol. The minimum atomic E-state index is -0.657. The standard InChI is InChI=1S/C20H16N8O2/c1-27-10-9-12-14(6-4-8-16(12)27)23-19-13(18(21)29)11-22-20(24-19)30-28-17-7-3-2-5-15(17)25-26-28/h2-11H,1H3,(H2,21,29)(H,22,23,24). The first-order valence-corrected chi connectivity index (χ1v) is 9.07. The number of aryl methyl sites for hydroxylation is 1. The van der Waals surface area contributed by atoms with E-state index >= 15 is 0 Å². The van der Waals surface area contributed by atoms with Crippen molar-refractivity contribution in [2.45, 2.75) is 0 Å². The number of amides is 1. The Morgan fingerprint density at radius 2 is 1.93 bits per heavy atom. The Labute approximate surface area is 169 Å². The summed E-state index contributed by atoms with van der Waals surface area (Å²) in [6.45, 7) is 0. The third kappa shape index (κ3) is 2.96. The number of hydrogen-bond donors (Lipinski definition) is 2. The fourth-order valence-electron chi connectivity index (χ4n) is 3.22. The van der Waals surface area contributed by atoms with Crippen LogP contribution in [0.3, 0.4) is 0 Å². The lowest BCUT2D eigenvalue weighted by Gasteiger charge is -2.11. The molecule has 0 saturated carbocycles. The minimum Gasteiger partial charge on any atom is -0.365 e. The number of para-hydroxylation sites is 1. The summed E-state index contributed by atoms with van der Waals surface area (Å²) < 4.78 is 2.00. The average Bonchev–Trinajstić information content (AvgIpc) is 3.33. The van der Waals surface area contributed by atoms with E-state index in [1.54, 1.807) is 0 Å². The van der Waals surface area contributed by atoms with Gasteiger partial charge in [-0.25, -0.2) is 4.98 Å². The van der Waals surface area contributed by atoms with Crippen LogP contribution < -0.4 is 15.9 Å². The maximum absolute atomic E-state index is 11.9. The minimum absolute atomic E-state index is 0.0154. The highest BCUT2D eigenvalue weighted by atomic mass is 16.7. The number of nitrogens with zero attached hydrogens (tertiary/aromatic N) is 6. The highest BCUT2D eigenvalue weighted by Crippen LogP contribution is 2.28. The first-order chi connectivity index (χ1) is 14.6. The first kappa shape index (κ1) is 17.6. The maximum atomic E-state index is 11.9. The third-order valence-electron chi connectivity index (χ3n) is 4.70. The van der Waals surface area contributed by atoms with Gasteiger partial charge in [-0.15, -0.1) is 5.10 Å². The molecular weight excluding hydrogens is 384 g/mol. The lowest BCUT2D eigenvalue weighted by atomic mass is 10.2. The Bertz CT molecular complexity index is 1400. The van der Waals surface area contributed by atoms with E-state index in [0.717, 1.165) is 16.6 Å². The van der Waals surface area contributed by atoms with Crippen molar-refractivity contribution in [1.82, 2.24) is 29.7 Å². The van der Waals surface area contributed by atoms with Gasteiger partial charge in [-0.05, 0) is 35.5 Å². The van der Waals surface area contributed by atoms with Gasteiger partial charge in [-0.3, -0.25) is 4.79 Å². The van der Waals surface area contributed by atoms with Gasteiger partial charge in [0.15, 0.2) is 5.82 Å². The topological polar surface area (TPSA) is 126 Å². The molecule has 0 fully saturated rings. The number of nitrogens with two attached hydrogens (primary N) is 1. The fourth-order valence-corrected chi connectivity index (χ4v) is 3.22. The zero-order valence-corrected chi connectivity index (χ0v) is 15.9. The quantitative estimate of drug-likeness (QED) is 0.464. The molecule has 0 aliphatic heterocycles. The summed E-state index contributed by atoms with van der Waals surface area (Å²) in [6, 6.07) is 15.1. The number of carbonyl (C=O) groups is 1. The van der Waals surface area contributed by atoms with Crippen molar-refractivity contribution in [3.63, 3.8) is 0 Å². The number of primary amides is 1. The summed E-state index contributed by atoms with van der Waals surface area (Å²) in [4.78, 5) is 27.2. The van der Waals surface area contributed by atoms with Crippen LogP contribution in [0.25, 0.3) is 21.9 Å². The Morgan fingerprint density at radius 3 is 2.80 bits per heavy atom. The predicted molar refractivity (Wildman–Crippen MR) is 110 cm³/mol. The van der Waals surface area contributed by atoms with Crippen LogP contribution in [0.1, 0.15) is 10.4 Å². The molecule has 0 aliphatic rings. The Morgan fingerprint density at radius 1 is 1.10 bits per heavy atom. The van der Waals surface area contributed by atoms with Crippen molar-refractivity contribution in [2.24, 2.45) is 12.8 Å². The van der Waals surface area contributed by atoms with E-state index < -0.39 is 5.91 Å². The van der Waals surface area contributed by atoms with E-state index in [9.17, 15) is 4.79 Å². The van der Waals surface area contributed by atoms with E-state index in [0.29, 0.717) is 11.0 Å². The lowest BCUT2D eigenvalue weighted by molar-refractivity contribution is 0.1000. The Hall–Kier alpha value is -4.47. The number of carbonyl (C=O) groups excluding carboxylic acids is 1. The highest BCUT2D eigenvalue weighted by Gasteiger charge is 2.16. The van der Waals surface area contributed by atoms with Gasteiger partial charge in [0, 0.05) is 36.0 Å². The van der Waals surface area contributed by atoms with Crippen LogP contribution in [0.4, 0.5) is 11.5 Å². The summed E-state index contributed by atoms with van der Waals surface area (Å²) in [5.41, 5.74) is 8.77. The molecule has 0 atom stereocenters. The second-order valence-corrected chi connectivity index (χ2v) is 6.61. The van der Waals surface area contributed by atoms with Crippen molar-refractivity contribution < 1.29 is 9.63 Å². The summed E-state index contributed by atoms with van der Waals surface area (Å²) in [5, 5.41) is 12.1. The van der Waals surface area contributed by atoms with Gasteiger partial charge >= 0.3 is 6.01 Å². The molecular formula is C20H16N8O2. The molecule has 5 rings (SSSR count). The van der Waals surface area contributed by atoms with Gasteiger partial charge in [-0.2, -0.15) is 4.98 Å². The molecule has 2 aromatic carbocycles. The van der Waals surface area contributed by atoms with Crippen LogP contribution in [0.5, 0.6) is 6.01 Å². The molecule has 3 aromatic heterocycles. The SMILES string of the molecule is Cn1ccc2c(Nc3nc(On4nnc5ccccc54)ncc3C(N)=O)cccc21. The molecule has 10 nitrogen and oxygen atoms in total. The molecule has 3 heterocycles. The number of nitrogens with one attached hydrogen (secondary N) is 1. The monoisotopic (exact) mass is 400 g/mol.